The van der Waals surface area contributed by atoms with Crippen LogP contribution in [0.4, 0.5) is 10.5 Å². The van der Waals surface area contributed by atoms with E-state index in [1.165, 1.54) is 0 Å². The molecule has 156 valence electrons. The Morgan fingerprint density at radius 2 is 1.87 bits per heavy atom. The summed E-state index contributed by atoms with van der Waals surface area (Å²) < 4.78 is 5.55. The van der Waals surface area contributed by atoms with E-state index < -0.39 is 17.1 Å². The number of carbonyl (C=O) groups excluding carboxylic acids is 3. The normalized spacial score (nSPS) is 15.1. The van der Waals surface area contributed by atoms with Crippen LogP contribution in [-0.2, 0) is 9.59 Å². The van der Waals surface area contributed by atoms with Gasteiger partial charge in [0.25, 0.3) is 11.1 Å². The maximum Gasteiger partial charge on any atom is 0.294 e. The molecular weight excluding hydrogens is 424 g/mol. The molecule has 0 radical (unpaired) electrons. The molecule has 1 aliphatic rings. The number of ether oxygens (including phenoxy) is 1. The smallest absolute Gasteiger partial charge is 0.294 e. The van der Waals surface area contributed by atoms with Crippen LogP contribution in [0.2, 0.25) is 5.02 Å². The van der Waals surface area contributed by atoms with E-state index in [0.717, 1.165) is 27.8 Å². The molecule has 30 heavy (non-hydrogen) atoms. The lowest BCUT2D eigenvalue weighted by molar-refractivity contribution is -0.127. The van der Waals surface area contributed by atoms with Gasteiger partial charge >= 0.3 is 0 Å². The van der Waals surface area contributed by atoms with Crippen LogP contribution in [0.5, 0.6) is 5.75 Å². The number of rotatable bonds is 6. The lowest BCUT2D eigenvalue weighted by atomic mass is 10.1. The summed E-state index contributed by atoms with van der Waals surface area (Å²) in [6.45, 7) is 5.79. The second kappa shape index (κ2) is 9.36. The molecule has 0 spiro atoms. The van der Waals surface area contributed by atoms with E-state index in [1.807, 2.05) is 39.0 Å². The van der Waals surface area contributed by atoms with Gasteiger partial charge in [0.05, 0.1) is 11.5 Å². The SMILES string of the molecule is CCOc1ccc(Cl)cc1/C=C1/SC(=O)N(CC(=O)Nc2cc(C)cc(C)c2)C1=O. The summed E-state index contributed by atoms with van der Waals surface area (Å²) >= 11 is 6.84. The second-order valence-corrected chi connectivity index (χ2v) is 8.24. The minimum absolute atomic E-state index is 0.211. The number of hydrogen-bond donors (Lipinski definition) is 1. The zero-order valence-electron chi connectivity index (χ0n) is 16.8. The van der Waals surface area contributed by atoms with Crippen molar-refractivity contribution >= 4 is 52.2 Å². The molecule has 3 rings (SSSR count). The number of imide groups is 1. The standard InChI is InChI=1S/C22H21ClN2O4S/c1-4-29-18-6-5-16(23)10-15(18)11-19-21(27)25(22(28)30-19)12-20(26)24-17-8-13(2)7-14(3)9-17/h5-11H,4,12H2,1-3H3,(H,24,26)/b19-11+. The summed E-state index contributed by atoms with van der Waals surface area (Å²) in [7, 11) is 0. The van der Waals surface area contributed by atoms with Crippen molar-refractivity contribution in [3.8, 4) is 5.75 Å². The highest BCUT2D eigenvalue weighted by Gasteiger charge is 2.36. The molecule has 1 heterocycles. The van der Waals surface area contributed by atoms with E-state index in [9.17, 15) is 14.4 Å². The number of carbonyl (C=O) groups is 3. The van der Waals surface area contributed by atoms with Crippen LogP contribution in [0.3, 0.4) is 0 Å². The summed E-state index contributed by atoms with van der Waals surface area (Å²) in [5, 5.41) is 2.72. The molecule has 0 unspecified atom stereocenters. The number of amides is 3. The van der Waals surface area contributed by atoms with Gasteiger partial charge in [0.2, 0.25) is 5.91 Å². The van der Waals surface area contributed by atoms with Crippen LogP contribution < -0.4 is 10.1 Å². The van der Waals surface area contributed by atoms with Gasteiger partial charge in [-0.05, 0) is 80.1 Å². The van der Waals surface area contributed by atoms with Crippen molar-refractivity contribution < 1.29 is 19.1 Å². The Balaban J connectivity index is 1.75. The zero-order valence-corrected chi connectivity index (χ0v) is 18.4. The van der Waals surface area contributed by atoms with Gasteiger partial charge in [-0.15, -0.1) is 0 Å². The van der Waals surface area contributed by atoms with Crippen molar-refractivity contribution in [2.24, 2.45) is 0 Å². The minimum Gasteiger partial charge on any atom is -0.493 e. The third-order valence-electron chi connectivity index (χ3n) is 4.24. The van der Waals surface area contributed by atoms with Crippen LogP contribution in [0.15, 0.2) is 41.3 Å². The molecule has 2 aromatic carbocycles. The van der Waals surface area contributed by atoms with Crippen LogP contribution >= 0.6 is 23.4 Å². The molecule has 0 aliphatic carbocycles. The minimum atomic E-state index is -0.525. The highest BCUT2D eigenvalue weighted by atomic mass is 35.5. The van der Waals surface area contributed by atoms with Crippen molar-refractivity contribution in [2.75, 3.05) is 18.5 Å². The van der Waals surface area contributed by atoms with Crippen LogP contribution in [0.25, 0.3) is 6.08 Å². The van der Waals surface area contributed by atoms with E-state index in [2.05, 4.69) is 5.32 Å². The highest BCUT2D eigenvalue weighted by molar-refractivity contribution is 8.18. The van der Waals surface area contributed by atoms with Crippen molar-refractivity contribution in [3.63, 3.8) is 0 Å². The number of benzene rings is 2. The van der Waals surface area contributed by atoms with Gasteiger partial charge in [-0.1, -0.05) is 17.7 Å². The monoisotopic (exact) mass is 444 g/mol. The Morgan fingerprint density at radius 1 is 1.17 bits per heavy atom. The molecule has 8 heteroatoms. The Morgan fingerprint density at radius 3 is 2.53 bits per heavy atom. The number of nitrogens with zero attached hydrogens (tertiary/aromatic N) is 1. The summed E-state index contributed by atoms with van der Waals surface area (Å²) in [5.41, 5.74) is 3.23. The topological polar surface area (TPSA) is 75.7 Å². The van der Waals surface area contributed by atoms with Crippen LogP contribution in [0.1, 0.15) is 23.6 Å². The van der Waals surface area contributed by atoms with E-state index in [1.54, 1.807) is 24.3 Å². The van der Waals surface area contributed by atoms with Crippen molar-refractivity contribution in [1.29, 1.82) is 0 Å². The maximum absolute atomic E-state index is 12.7. The summed E-state index contributed by atoms with van der Waals surface area (Å²) in [4.78, 5) is 38.6. The Labute approximate surface area is 184 Å². The van der Waals surface area contributed by atoms with Gasteiger partial charge < -0.3 is 10.1 Å². The Hall–Kier alpha value is -2.77. The molecule has 2 aromatic rings. The summed E-state index contributed by atoms with van der Waals surface area (Å²) in [6, 6.07) is 10.7. The average Bonchev–Trinajstić information content (AvgIpc) is 2.90. The fourth-order valence-corrected chi connectivity index (χ4v) is 4.10. The van der Waals surface area contributed by atoms with Crippen LogP contribution in [0, 0.1) is 13.8 Å². The number of halogens is 1. The molecule has 6 nitrogen and oxygen atoms in total. The Kier molecular flexibility index (Phi) is 6.84. The van der Waals surface area contributed by atoms with Gasteiger partial charge in [-0.3, -0.25) is 19.3 Å². The van der Waals surface area contributed by atoms with Gasteiger partial charge in [-0.25, -0.2) is 0 Å². The first kappa shape index (κ1) is 21.9. The maximum atomic E-state index is 12.7. The quantitative estimate of drug-likeness (QED) is 0.632. The highest BCUT2D eigenvalue weighted by Crippen LogP contribution is 2.34. The van der Waals surface area contributed by atoms with Crippen molar-refractivity contribution in [2.45, 2.75) is 20.8 Å². The molecule has 0 atom stereocenters. The number of anilines is 1. The van der Waals surface area contributed by atoms with E-state index >= 15 is 0 Å². The molecule has 0 aromatic heterocycles. The molecule has 1 fully saturated rings. The first-order valence-electron chi connectivity index (χ1n) is 9.32. The molecular formula is C22H21ClN2O4S. The lowest BCUT2D eigenvalue weighted by Gasteiger charge is -2.13. The average molecular weight is 445 g/mol. The van der Waals surface area contributed by atoms with E-state index in [0.29, 0.717) is 28.6 Å². The van der Waals surface area contributed by atoms with Gasteiger partial charge in [0.15, 0.2) is 0 Å². The van der Waals surface area contributed by atoms with E-state index in [4.69, 9.17) is 16.3 Å². The molecule has 1 aliphatic heterocycles. The summed E-state index contributed by atoms with van der Waals surface area (Å²) in [5.74, 6) is -0.412. The third-order valence-corrected chi connectivity index (χ3v) is 5.38. The van der Waals surface area contributed by atoms with Gasteiger partial charge in [-0.2, -0.15) is 0 Å². The number of aryl methyl sites for hydroxylation is 2. The fraction of sp³-hybridized carbons (Fsp3) is 0.227. The second-order valence-electron chi connectivity index (χ2n) is 6.81. The zero-order chi connectivity index (χ0) is 21.8. The number of nitrogens with one attached hydrogen (secondary N) is 1. The molecule has 3 amide bonds. The molecule has 0 saturated carbocycles. The van der Waals surface area contributed by atoms with Gasteiger partial charge in [0, 0.05) is 16.3 Å². The van der Waals surface area contributed by atoms with Gasteiger partial charge in [0.1, 0.15) is 12.3 Å². The molecule has 1 saturated heterocycles. The Bertz CT molecular complexity index is 1030. The molecule has 1 N–H and O–H groups in total. The van der Waals surface area contributed by atoms with Crippen molar-refractivity contribution in [3.05, 3.63) is 63.0 Å². The first-order chi connectivity index (χ1) is 14.3. The fourth-order valence-electron chi connectivity index (χ4n) is 3.09. The number of hydrogen-bond acceptors (Lipinski definition) is 5. The largest absolute Gasteiger partial charge is 0.493 e. The molecule has 0 bridgehead atoms. The lowest BCUT2D eigenvalue weighted by Crippen LogP contribution is -2.36. The van der Waals surface area contributed by atoms with E-state index in [-0.39, 0.29) is 11.4 Å². The predicted octanol–water partition coefficient (Wildman–Crippen LogP) is 5.03. The predicted molar refractivity (Wildman–Crippen MR) is 120 cm³/mol. The first-order valence-corrected chi connectivity index (χ1v) is 10.5. The number of thioether (sulfide) groups is 1. The van der Waals surface area contributed by atoms with Crippen LogP contribution in [-0.4, -0.2) is 35.1 Å². The van der Waals surface area contributed by atoms with Crippen molar-refractivity contribution in [1.82, 2.24) is 4.90 Å². The summed E-state index contributed by atoms with van der Waals surface area (Å²) in [6.07, 6.45) is 1.56. The third kappa shape index (κ3) is 5.23.